The molecule has 1 aromatic heterocycles. The van der Waals surface area contributed by atoms with Gasteiger partial charge in [-0.25, -0.2) is 4.99 Å². The van der Waals surface area contributed by atoms with Crippen molar-refractivity contribution in [2.45, 2.75) is 136 Å². The quantitative estimate of drug-likeness (QED) is 0.0806. The van der Waals surface area contributed by atoms with E-state index in [0.717, 1.165) is 26.7 Å². The summed E-state index contributed by atoms with van der Waals surface area (Å²) in [7, 11) is -1.45. The predicted octanol–water partition coefficient (Wildman–Crippen LogP) is 17.9. The lowest BCUT2D eigenvalue weighted by molar-refractivity contribution is -0.295. The summed E-state index contributed by atoms with van der Waals surface area (Å²) in [5.74, 6) is -11.1. The van der Waals surface area contributed by atoms with Gasteiger partial charge < -0.3 is 18.5 Å². The van der Waals surface area contributed by atoms with E-state index in [2.05, 4.69) is 41.5 Å². The predicted molar refractivity (Wildman–Crippen MR) is 296 cm³/mol. The summed E-state index contributed by atoms with van der Waals surface area (Å²) in [5, 5.41) is 0. The summed E-state index contributed by atoms with van der Waals surface area (Å²) >= 11 is 0. The van der Waals surface area contributed by atoms with E-state index in [1.807, 2.05) is 108 Å². The van der Waals surface area contributed by atoms with E-state index in [9.17, 15) is 26.3 Å². The van der Waals surface area contributed by atoms with Crippen LogP contribution in [0, 0.1) is 6.92 Å². The molecule has 0 N–H and O–H groups in total. The molecular formula is C63H67BF10N2O3. The lowest BCUT2D eigenvalue weighted by Gasteiger charge is -2.28. The second kappa shape index (κ2) is 21.6. The zero-order valence-corrected chi connectivity index (χ0v) is 47.0. The van der Waals surface area contributed by atoms with Crippen molar-refractivity contribution in [1.29, 1.82) is 0 Å². The fraction of sp³-hybridized carbons (Fsp3) is 0.381. The molecule has 0 spiro atoms. The highest BCUT2D eigenvalue weighted by molar-refractivity contribution is 6.44. The number of rotatable bonds is 14. The van der Waals surface area contributed by atoms with Gasteiger partial charge in [0.05, 0.1) is 24.2 Å². The molecule has 6 aromatic rings. The maximum absolute atomic E-state index is 15.3. The van der Waals surface area contributed by atoms with Crippen LogP contribution >= 0.6 is 0 Å². The fourth-order valence-electron chi connectivity index (χ4n) is 9.19. The maximum atomic E-state index is 15.3. The summed E-state index contributed by atoms with van der Waals surface area (Å²) in [6.07, 6.45) is -10.6. The van der Waals surface area contributed by atoms with Gasteiger partial charge in [0.15, 0.2) is 0 Å². The van der Waals surface area contributed by atoms with Crippen molar-refractivity contribution < 1.29 is 57.9 Å². The Morgan fingerprint density at radius 3 is 1.29 bits per heavy atom. The number of hydrogen-bond acceptors (Lipinski definition) is 4. The minimum Gasteiger partial charge on any atom is -0.496 e. The molecule has 79 heavy (non-hydrogen) atoms. The highest BCUT2D eigenvalue weighted by Crippen LogP contribution is 2.49. The van der Waals surface area contributed by atoms with Crippen molar-refractivity contribution in [2.24, 2.45) is 4.99 Å². The number of aliphatic imine (C=N–C) groups is 1. The third kappa shape index (κ3) is 13.0. The van der Waals surface area contributed by atoms with Crippen molar-refractivity contribution >= 4 is 24.1 Å². The van der Waals surface area contributed by atoms with Crippen LogP contribution < -0.4 is 4.74 Å². The molecule has 0 atom stereocenters. The molecule has 1 aliphatic rings. The van der Waals surface area contributed by atoms with Crippen LogP contribution in [0.4, 0.5) is 43.9 Å². The largest absolute Gasteiger partial charge is 0.598 e. The van der Waals surface area contributed by atoms with Crippen molar-refractivity contribution in [3.05, 3.63) is 183 Å². The van der Waals surface area contributed by atoms with Crippen molar-refractivity contribution in [3.8, 4) is 28.1 Å². The highest BCUT2D eigenvalue weighted by atomic mass is 19.4. The van der Waals surface area contributed by atoms with Gasteiger partial charge in [0.25, 0.3) is 0 Å². The smallest absolute Gasteiger partial charge is 0.496 e. The number of halogens is 10. The molecule has 5 nitrogen and oxygen atoms in total. The number of methoxy groups -OCH3 is 1. The van der Waals surface area contributed by atoms with Crippen LogP contribution in [0.3, 0.4) is 0 Å². The van der Waals surface area contributed by atoms with Crippen molar-refractivity contribution in [3.63, 3.8) is 0 Å². The second-order valence-corrected chi connectivity index (χ2v) is 24.2. The molecule has 0 radical (unpaired) electrons. The molecule has 0 unspecified atom stereocenters. The van der Waals surface area contributed by atoms with Crippen molar-refractivity contribution in [2.75, 3.05) is 20.3 Å². The number of aryl methyl sites for hydroxylation is 1. The number of hydrogen-bond donors (Lipinski definition) is 0. The summed E-state index contributed by atoms with van der Waals surface area (Å²) < 4.78 is 164. The van der Waals surface area contributed by atoms with Crippen LogP contribution in [0.25, 0.3) is 33.5 Å². The van der Waals surface area contributed by atoms with Crippen molar-refractivity contribution in [1.82, 2.24) is 4.48 Å². The van der Waals surface area contributed by atoms with E-state index >= 15 is 17.6 Å². The SMILES string of the molecule is COc1cccc(C)c1/C(=C1/N=C(c2ccc(C(C)(C)C)cc2)C=C1c1ccc(C(C)(C)C)cc1)c1c(-c2ccc(C(C)(C)C)cc2)cc(-c2ccc(C(C)(C)C)cc2)n1B(OCC(F)(F)C(F)(F)F)OCC(F)(F)C(F)(F)F. The Kier molecular flexibility index (Phi) is 16.5. The second-order valence-electron chi connectivity index (χ2n) is 24.2. The minimum absolute atomic E-state index is 0.0771. The maximum Gasteiger partial charge on any atom is 0.598 e. The van der Waals surface area contributed by atoms with Gasteiger partial charge in [0.2, 0.25) is 0 Å². The van der Waals surface area contributed by atoms with Gasteiger partial charge in [-0.2, -0.15) is 43.9 Å². The molecule has 0 saturated carbocycles. The summed E-state index contributed by atoms with van der Waals surface area (Å²) in [4.78, 5) is 5.40. The third-order valence-electron chi connectivity index (χ3n) is 14.1. The number of nitrogens with zero attached hydrogens (tertiary/aromatic N) is 2. The van der Waals surface area contributed by atoms with Crippen LogP contribution in [-0.4, -0.2) is 62.0 Å². The molecule has 420 valence electrons. The third-order valence-corrected chi connectivity index (χ3v) is 14.1. The van der Waals surface area contributed by atoms with Gasteiger partial charge in [-0.15, -0.1) is 0 Å². The fourth-order valence-corrected chi connectivity index (χ4v) is 9.19. The molecule has 2 heterocycles. The van der Waals surface area contributed by atoms with Gasteiger partial charge in [-0.3, -0.25) is 0 Å². The first-order valence-corrected chi connectivity index (χ1v) is 25.8. The number of allylic oxidation sites excluding steroid dienone is 2. The average molecular weight is 1100 g/mol. The Hall–Kier alpha value is -6.39. The summed E-state index contributed by atoms with van der Waals surface area (Å²) in [6, 6.07) is 36.2. The normalized spacial score (nSPS) is 14.8. The molecule has 5 aromatic carbocycles. The van der Waals surface area contributed by atoms with E-state index in [-0.39, 0.29) is 55.8 Å². The monoisotopic (exact) mass is 1100 g/mol. The highest BCUT2D eigenvalue weighted by Gasteiger charge is 2.60. The van der Waals surface area contributed by atoms with Gasteiger partial charge in [0.1, 0.15) is 19.0 Å². The lowest BCUT2D eigenvalue weighted by atomic mass is 9.84. The molecular weight excluding hydrogens is 1030 g/mol. The first kappa shape index (κ1) is 60.3. The summed E-state index contributed by atoms with van der Waals surface area (Å²) in [6.45, 7) is 20.9. The number of aromatic nitrogens is 1. The first-order chi connectivity index (χ1) is 36.3. The van der Waals surface area contributed by atoms with Gasteiger partial charge in [0, 0.05) is 33.5 Å². The van der Waals surface area contributed by atoms with Crippen LogP contribution in [0.1, 0.15) is 133 Å². The topological polar surface area (TPSA) is 45.0 Å². The Morgan fingerprint density at radius 2 is 0.899 bits per heavy atom. The van der Waals surface area contributed by atoms with E-state index in [4.69, 9.17) is 19.0 Å². The number of benzene rings is 5. The standard InChI is InChI=1S/C63H67BF10N2O3/c1-38-16-15-17-51(77-14)52(38)53(54-47(39-18-26-43(27-19-39)56(2,3)4)34-49(75-54)41-22-30-45(31-23-41)58(8,9)10)55-48(40-20-28-44(29-21-40)57(5,6)7)35-50(42-24-32-46(33-25-42)59(11,12)13)76(55)64(78-36-60(65,66)62(69,70)71)79-37-61(67,68)63(72,73)74/h15-35H,36-37H2,1-14H3/b54-53-. The zero-order chi connectivity index (χ0) is 58.6. The molecule has 0 aliphatic carbocycles. The molecule has 0 bridgehead atoms. The van der Waals surface area contributed by atoms with E-state index < -0.39 is 50.1 Å². The Labute approximate surface area is 457 Å². The molecule has 16 heteroatoms. The van der Waals surface area contributed by atoms with Gasteiger partial charge >= 0.3 is 31.5 Å². The average Bonchev–Trinajstić information content (AvgIpc) is 4.21. The van der Waals surface area contributed by atoms with E-state index in [1.165, 1.54) is 7.11 Å². The molecule has 1 aliphatic heterocycles. The van der Waals surface area contributed by atoms with E-state index in [1.54, 1.807) is 67.6 Å². The molecule has 0 saturated heterocycles. The van der Waals surface area contributed by atoms with Crippen LogP contribution in [0.5, 0.6) is 5.75 Å². The minimum atomic E-state index is -6.25. The van der Waals surface area contributed by atoms with Crippen LogP contribution in [0.15, 0.2) is 138 Å². The summed E-state index contributed by atoms with van der Waals surface area (Å²) in [5.41, 5.74) is 6.41. The molecule has 7 rings (SSSR count). The molecule has 0 fully saturated rings. The first-order valence-electron chi connectivity index (χ1n) is 25.8. The van der Waals surface area contributed by atoms with Crippen LogP contribution in [-0.2, 0) is 31.0 Å². The van der Waals surface area contributed by atoms with Gasteiger partial charge in [-0.1, -0.05) is 192 Å². The Morgan fingerprint density at radius 1 is 0.506 bits per heavy atom. The Bertz CT molecular complexity index is 3220. The number of alkyl halides is 10. The lowest BCUT2D eigenvalue weighted by Crippen LogP contribution is -2.48. The van der Waals surface area contributed by atoms with Crippen LogP contribution in [0.2, 0.25) is 0 Å². The van der Waals surface area contributed by atoms with Gasteiger partial charge in [-0.05, 0) is 91.3 Å². The molecule has 0 amide bonds. The zero-order valence-electron chi connectivity index (χ0n) is 47.0. The van der Waals surface area contributed by atoms with E-state index in [0.29, 0.717) is 39.1 Å². The Balaban J connectivity index is 1.75. The number of ether oxygens (including phenoxy) is 1.